The van der Waals surface area contributed by atoms with E-state index in [2.05, 4.69) is 11.4 Å². The van der Waals surface area contributed by atoms with Gasteiger partial charge in [0.15, 0.2) is 0 Å². The number of carbonyl (C=O) groups excluding carboxylic acids is 1. The van der Waals surface area contributed by atoms with Gasteiger partial charge in [-0.2, -0.15) is 5.26 Å². The van der Waals surface area contributed by atoms with E-state index in [0.29, 0.717) is 10.7 Å². The maximum absolute atomic E-state index is 12.9. The van der Waals surface area contributed by atoms with Crippen molar-refractivity contribution in [2.24, 2.45) is 0 Å². The van der Waals surface area contributed by atoms with Crippen LogP contribution in [0.1, 0.15) is 11.1 Å². The molecule has 0 aliphatic heterocycles. The summed E-state index contributed by atoms with van der Waals surface area (Å²) in [6.45, 7) is 1.86. The lowest BCUT2D eigenvalue weighted by Crippen LogP contribution is -2.14. The van der Waals surface area contributed by atoms with E-state index in [4.69, 9.17) is 11.6 Å². The highest BCUT2D eigenvalue weighted by Crippen LogP contribution is 2.31. The zero-order valence-corrected chi connectivity index (χ0v) is 16.5. The van der Waals surface area contributed by atoms with Crippen molar-refractivity contribution in [3.63, 3.8) is 0 Å². The minimum Gasteiger partial charge on any atom is -0.320 e. The monoisotopic (exact) mass is 396 g/mol. The number of nitriles is 1. The van der Waals surface area contributed by atoms with Gasteiger partial charge in [-0.15, -0.1) is 0 Å². The van der Waals surface area contributed by atoms with Crippen molar-refractivity contribution in [3.8, 4) is 6.07 Å². The fraction of sp³-hybridized carbons (Fsp3) is 0.0400. The van der Waals surface area contributed by atoms with Crippen molar-refractivity contribution < 1.29 is 4.79 Å². The van der Waals surface area contributed by atoms with Crippen molar-refractivity contribution in [1.82, 2.24) is 0 Å². The van der Waals surface area contributed by atoms with E-state index >= 15 is 0 Å². The van der Waals surface area contributed by atoms with Gasteiger partial charge in [0, 0.05) is 0 Å². The smallest absolute Gasteiger partial charge is 0.266 e. The Bertz CT molecular complexity index is 1260. The molecule has 0 fully saturated rings. The summed E-state index contributed by atoms with van der Waals surface area (Å²) in [6.07, 6.45) is 1.66. The third-order valence-electron chi connectivity index (χ3n) is 4.93. The second-order valence-corrected chi connectivity index (χ2v) is 7.20. The van der Waals surface area contributed by atoms with Crippen LogP contribution in [0.3, 0.4) is 0 Å². The number of fused-ring (bicyclic) bond motifs is 2. The molecule has 1 amide bonds. The van der Waals surface area contributed by atoms with E-state index < -0.39 is 5.91 Å². The molecular weight excluding hydrogens is 380 g/mol. The van der Waals surface area contributed by atoms with Crippen LogP contribution in [0, 0.1) is 18.3 Å². The first-order valence-electron chi connectivity index (χ1n) is 9.17. The van der Waals surface area contributed by atoms with Crippen LogP contribution in [0.4, 0.5) is 5.69 Å². The Hall–Kier alpha value is -3.61. The standard InChI is InChI=1S/C25H17ClN2O/c1-16-7-6-12-23(26)24(16)28-25(29)19(15-27)14-22-20-10-4-2-8-17(20)13-18-9-3-5-11-21(18)22/h2-14H,1H3,(H,28,29)/b19-14+. The third-order valence-corrected chi connectivity index (χ3v) is 5.24. The summed E-state index contributed by atoms with van der Waals surface area (Å²) in [6, 6.07) is 25.4. The summed E-state index contributed by atoms with van der Waals surface area (Å²) in [5.41, 5.74) is 2.22. The predicted molar refractivity (Wildman–Crippen MR) is 120 cm³/mol. The predicted octanol–water partition coefficient (Wildman–Crippen LogP) is 6.50. The summed E-state index contributed by atoms with van der Waals surface area (Å²) in [4.78, 5) is 12.9. The van der Waals surface area contributed by atoms with Gasteiger partial charge in [0.05, 0.1) is 10.7 Å². The van der Waals surface area contributed by atoms with Crippen molar-refractivity contribution in [2.45, 2.75) is 6.92 Å². The van der Waals surface area contributed by atoms with Crippen LogP contribution in [-0.2, 0) is 4.79 Å². The molecule has 0 saturated heterocycles. The number of nitrogens with zero attached hydrogens (tertiary/aromatic N) is 1. The Balaban J connectivity index is 1.86. The quantitative estimate of drug-likeness (QED) is 0.244. The van der Waals surface area contributed by atoms with E-state index in [1.807, 2.05) is 73.7 Å². The first-order valence-corrected chi connectivity index (χ1v) is 9.55. The van der Waals surface area contributed by atoms with Crippen LogP contribution in [-0.4, -0.2) is 5.91 Å². The lowest BCUT2D eigenvalue weighted by atomic mass is 9.95. The van der Waals surface area contributed by atoms with Crippen molar-refractivity contribution in [3.05, 3.63) is 94.5 Å². The fourth-order valence-electron chi connectivity index (χ4n) is 3.47. The average molecular weight is 397 g/mol. The van der Waals surface area contributed by atoms with Crippen molar-refractivity contribution in [2.75, 3.05) is 5.32 Å². The van der Waals surface area contributed by atoms with Gasteiger partial charge in [-0.3, -0.25) is 4.79 Å². The van der Waals surface area contributed by atoms with Gasteiger partial charge in [0.2, 0.25) is 0 Å². The number of carbonyl (C=O) groups is 1. The lowest BCUT2D eigenvalue weighted by Gasteiger charge is -2.11. The van der Waals surface area contributed by atoms with Gasteiger partial charge in [0.25, 0.3) is 5.91 Å². The first-order chi connectivity index (χ1) is 14.1. The molecule has 0 spiro atoms. The maximum atomic E-state index is 12.9. The molecule has 1 N–H and O–H groups in total. The fourth-order valence-corrected chi connectivity index (χ4v) is 3.74. The van der Waals surface area contributed by atoms with Crippen LogP contribution in [0.15, 0.2) is 78.4 Å². The van der Waals surface area contributed by atoms with Crippen LogP contribution >= 0.6 is 11.6 Å². The molecule has 4 aromatic rings. The maximum Gasteiger partial charge on any atom is 0.266 e. The third kappa shape index (κ3) is 3.59. The number of benzene rings is 4. The number of aryl methyl sites for hydroxylation is 1. The Kier molecular flexibility index (Phi) is 5.03. The summed E-state index contributed by atoms with van der Waals surface area (Å²) in [7, 11) is 0. The molecule has 4 aromatic carbocycles. The molecule has 0 radical (unpaired) electrons. The number of anilines is 1. The molecule has 0 aliphatic carbocycles. The van der Waals surface area contributed by atoms with Crippen LogP contribution in [0.25, 0.3) is 27.6 Å². The molecule has 0 atom stereocenters. The Labute approximate surface area is 173 Å². The van der Waals surface area contributed by atoms with E-state index in [9.17, 15) is 10.1 Å². The minimum atomic E-state index is -0.485. The topological polar surface area (TPSA) is 52.9 Å². The molecular formula is C25H17ClN2O. The highest BCUT2D eigenvalue weighted by atomic mass is 35.5. The van der Waals surface area contributed by atoms with Crippen molar-refractivity contribution in [1.29, 1.82) is 5.26 Å². The van der Waals surface area contributed by atoms with E-state index in [1.54, 1.807) is 12.1 Å². The molecule has 29 heavy (non-hydrogen) atoms. The van der Waals surface area contributed by atoms with Gasteiger partial charge in [0.1, 0.15) is 11.6 Å². The average Bonchev–Trinajstić information content (AvgIpc) is 2.73. The molecule has 0 bridgehead atoms. The number of para-hydroxylation sites is 1. The van der Waals surface area contributed by atoms with E-state index in [-0.39, 0.29) is 5.57 Å². The highest BCUT2D eigenvalue weighted by Gasteiger charge is 2.15. The zero-order chi connectivity index (χ0) is 20.4. The molecule has 3 nitrogen and oxygen atoms in total. The Morgan fingerprint density at radius 2 is 1.59 bits per heavy atom. The summed E-state index contributed by atoms with van der Waals surface area (Å²) in [5, 5.41) is 17.0. The van der Waals surface area contributed by atoms with E-state index in [1.165, 1.54) is 0 Å². The molecule has 0 saturated carbocycles. The zero-order valence-electron chi connectivity index (χ0n) is 15.7. The molecule has 4 rings (SSSR count). The summed E-state index contributed by atoms with van der Waals surface area (Å²) >= 11 is 6.22. The van der Waals surface area contributed by atoms with Gasteiger partial charge in [-0.25, -0.2) is 0 Å². The summed E-state index contributed by atoms with van der Waals surface area (Å²) in [5.74, 6) is -0.485. The normalized spacial score (nSPS) is 11.4. The second kappa shape index (κ2) is 7.79. The number of hydrogen-bond acceptors (Lipinski definition) is 2. The van der Waals surface area contributed by atoms with Crippen LogP contribution in [0.2, 0.25) is 5.02 Å². The van der Waals surface area contributed by atoms with Gasteiger partial charge < -0.3 is 5.32 Å². The Morgan fingerprint density at radius 1 is 0.966 bits per heavy atom. The molecule has 0 aliphatic rings. The minimum absolute atomic E-state index is 0.0193. The van der Waals surface area contributed by atoms with Gasteiger partial charge in [-0.05, 0) is 57.8 Å². The highest BCUT2D eigenvalue weighted by molar-refractivity contribution is 6.34. The number of hydrogen-bond donors (Lipinski definition) is 1. The molecule has 0 heterocycles. The van der Waals surface area contributed by atoms with Gasteiger partial charge in [-0.1, -0.05) is 72.3 Å². The van der Waals surface area contributed by atoms with Crippen molar-refractivity contribution >= 4 is 50.8 Å². The SMILES string of the molecule is Cc1cccc(Cl)c1NC(=O)/C(C#N)=C/c1c2ccccc2cc2ccccc12. The largest absolute Gasteiger partial charge is 0.320 e. The van der Waals surface area contributed by atoms with E-state index in [0.717, 1.165) is 32.7 Å². The molecule has 140 valence electrons. The summed E-state index contributed by atoms with van der Waals surface area (Å²) < 4.78 is 0. The van der Waals surface area contributed by atoms with Gasteiger partial charge >= 0.3 is 0 Å². The molecule has 0 unspecified atom stereocenters. The molecule has 0 aromatic heterocycles. The second-order valence-electron chi connectivity index (χ2n) is 6.79. The number of amides is 1. The first kappa shape index (κ1) is 18.7. The van der Waals surface area contributed by atoms with Crippen LogP contribution in [0.5, 0.6) is 0 Å². The number of rotatable bonds is 3. The Morgan fingerprint density at radius 3 is 2.17 bits per heavy atom. The lowest BCUT2D eigenvalue weighted by molar-refractivity contribution is -0.112. The number of nitrogens with one attached hydrogen (secondary N) is 1. The number of halogens is 1. The van der Waals surface area contributed by atoms with Crippen LogP contribution < -0.4 is 5.32 Å². The molecule has 4 heteroatoms.